The van der Waals surface area contributed by atoms with Gasteiger partial charge in [-0.05, 0) is 37.6 Å². The molecular weight excluding hydrogens is 250 g/mol. The first-order valence-corrected chi connectivity index (χ1v) is 6.00. The van der Waals surface area contributed by atoms with Crippen LogP contribution in [0.3, 0.4) is 0 Å². The van der Waals surface area contributed by atoms with Gasteiger partial charge in [-0.25, -0.2) is 0 Å². The Labute approximate surface area is 111 Å². The van der Waals surface area contributed by atoms with Crippen molar-refractivity contribution in [2.75, 3.05) is 5.73 Å². The first-order valence-electron chi connectivity index (χ1n) is 5.62. The zero-order valence-corrected chi connectivity index (χ0v) is 11.0. The lowest BCUT2D eigenvalue weighted by atomic mass is 10.1. The third-order valence-corrected chi connectivity index (χ3v) is 2.58. The Morgan fingerprint density at radius 1 is 1.17 bits per heavy atom. The molecule has 0 radical (unpaired) electrons. The largest absolute Gasteiger partial charge is 0.491 e. The fourth-order valence-electron chi connectivity index (χ4n) is 1.58. The van der Waals surface area contributed by atoms with E-state index in [9.17, 15) is 0 Å². The minimum Gasteiger partial charge on any atom is -0.491 e. The molecule has 0 bridgehead atoms. The minimum atomic E-state index is 0.151. The highest BCUT2D eigenvalue weighted by atomic mass is 35.5. The molecule has 0 saturated carbocycles. The Kier molecular flexibility index (Phi) is 3.67. The van der Waals surface area contributed by atoms with Crippen LogP contribution in [0.15, 0.2) is 30.3 Å². The summed E-state index contributed by atoms with van der Waals surface area (Å²) in [5.41, 5.74) is 7.30. The van der Waals surface area contributed by atoms with Crippen molar-refractivity contribution in [2.24, 2.45) is 0 Å². The summed E-state index contributed by atoms with van der Waals surface area (Å²) < 4.78 is 5.57. The van der Waals surface area contributed by atoms with Gasteiger partial charge in [0.1, 0.15) is 11.6 Å². The van der Waals surface area contributed by atoms with Crippen LogP contribution < -0.4 is 10.5 Å². The fraction of sp³-hybridized carbons (Fsp3) is 0.231. The Bertz CT molecular complexity index is 540. The average molecular weight is 264 g/mol. The van der Waals surface area contributed by atoms with Gasteiger partial charge < -0.3 is 10.5 Å². The number of ether oxygens (including phenoxy) is 1. The van der Waals surface area contributed by atoms with Gasteiger partial charge >= 0.3 is 0 Å². The second kappa shape index (κ2) is 5.23. The molecule has 0 fully saturated rings. The van der Waals surface area contributed by atoms with E-state index in [2.05, 4.69) is 10.2 Å². The maximum Gasteiger partial charge on any atom is 0.159 e. The Hall–Kier alpha value is -1.81. The van der Waals surface area contributed by atoms with Crippen LogP contribution in [-0.2, 0) is 0 Å². The van der Waals surface area contributed by atoms with Crippen LogP contribution in [0.2, 0.25) is 5.15 Å². The molecule has 0 atom stereocenters. The van der Waals surface area contributed by atoms with Crippen LogP contribution in [0.4, 0.5) is 5.82 Å². The Morgan fingerprint density at radius 2 is 1.83 bits per heavy atom. The molecule has 0 aliphatic heterocycles. The molecule has 0 saturated heterocycles. The summed E-state index contributed by atoms with van der Waals surface area (Å²) in [6.45, 7) is 3.97. The molecule has 1 aromatic heterocycles. The monoisotopic (exact) mass is 263 g/mol. The molecule has 0 aliphatic carbocycles. The number of nitrogen functional groups attached to an aromatic ring is 1. The fourth-order valence-corrected chi connectivity index (χ4v) is 1.78. The van der Waals surface area contributed by atoms with Crippen molar-refractivity contribution in [1.82, 2.24) is 10.2 Å². The van der Waals surface area contributed by atoms with Gasteiger partial charge in [0.2, 0.25) is 0 Å². The van der Waals surface area contributed by atoms with Crippen LogP contribution in [0, 0.1) is 0 Å². The number of rotatable bonds is 3. The number of nitrogens with zero attached hydrogens (tertiary/aromatic N) is 2. The summed E-state index contributed by atoms with van der Waals surface area (Å²) in [4.78, 5) is 0. The van der Waals surface area contributed by atoms with Crippen molar-refractivity contribution in [3.8, 4) is 16.9 Å². The van der Waals surface area contributed by atoms with E-state index in [4.69, 9.17) is 22.1 Å². The summed E-state index contributed by atoms with van der Waals surface area (Å²) in [5.74, 6) is 1.16. The minimum absolute atomic E-state index is 0.151. The third kappa shape index (κ3) is 2.90. The van der Waals surface area contributed by atoms with Gasteiger partial charge in [-0.3, -0.25) is 0 Å². The van der Waals surface area contributed by atoms with Crippen LogP contribution in [0.25, 0.3) is 11.1 Å². The zero-order chi connectivity index (χ0) is 13.1. The average Bonchev–Trinajstić information content (AvgIpc) is 2.33. The normalized spacial score (nSPS) is 10.7. The molecule has 2 rings (SSSR count). The first-order chi connectivity index (χ1) is 8.56. The number of halogens is 1. The molecule has 0 aliphatic rings. The van der Waals surface area contributed by atoms with E-state index >= 15 is 0 Å². The van der Waals surface area contributed by atoms with E-state index < -0.39 is 0 Å². The van der Waals surface area contributed by atoms with Crippen molar-refractivity contribution >= 4 is 17.4 Å². The van der Waals surface area contributed by atoms with E-state index in [-0.39, 0.29) is 6.10 Å². The molecule has 5 heteroatoms. The summed E-state index contributed by atoms with van der Waals surface area (Å²) in [5, 5.41) is 7.81. The lowest BCUT2D eigenvalue weighted by Gasteiger charge is -2.10. The summed E-state index contributed by atoms with van der Waals surface area (Å²) in [6.07, 6.45) is 0.151. The molecule has 0 amide bonds. The number of nitrogens with two attached hydrogens (primary N) is 1. The number of hydrogen-bond donors (Lipinski definition) is 1. The van der Waals surface area contributed by atoms with Gasteiger partial charge in [-0.1, -0.05) is 23.7 Å². The maximum atomic E-state index is 5.99. The van der Waals surface area contributed by atoms with Gasteiger partial charge in [0.25, 0.3) is 0 Å². The first kappa shape index (κ1) is 12.6. The predicted octanol–water partition coefficient (Wildman–Crippen LogP) is 3.17. The van der Waals surface area contributed by atoms with Gasteiger partial charge in [-0.15, -0.1) is 10.2 Å². The van der Waals surface area contributed by atoms with E-state index in [0.29, 0.717) is 11.0 Å². The number of aromatic nitrogens is 2. The Balaban J connectivity index is 2.31. The highest BCUT2D eigenvalue weighted by molar-refractivity contribution is 6.32. The zero-order valence-electron chi connectivity index (χ0n) is 10.2. The van der Waals surface area contributed by atoms with E-state index in [1.54, 1.807) is 6.07 Å². The van der Waals surface area contributed by atoms with E-state index in [0.717, 1.165) is 16.9 Å². The van der Waals surface area contributed by atoms with Crippen LogP contribution >= 0.6 is 11.6 Å². The highest BCUT2D eigenvalue weighted by Gasteiger charge is 2.07. The molecule has 0 unspecified atom stereocenters. The SMILES string of the molecule is CC(C)Oc1ccc(-c2cc(N)nnc2Cl)cc1. The van der Waals surface area contributed by atoms with Crippen molar-refractivity contribution in [3.05, 3.63) is 35.5 Å². The lowest BCUT2D eigenvalue weighted by molar-refractivity contribution is 0.242. The highest BCUT2D eigenvalue weighted by Crippen LogP contribution is 2.28. The van der Waals surface area contributed by atoms with Crippen molar-refractivity contribution in [3.63, 3.8) is 0 Å². The lowest BCUT2D eigenvalue weighted by Crippen LogP contribution is -2.05. The second-order valence-corrected chi connectivity index (χ2v) is 4.52. The molecule has 2 aromatic rings. The van der Waals surface area contributed by atoms with Crippen LogP contribution in [-0.4, -0.2) is 16.3 Å². The molecule has 2 N–H and O–H groups in total. The van der Waals surface area contributed by atoms with Gasteiger partial charge in [0, 0.05) is 5.56 Å². The van der Waals surface area contributed by atoms with Crippen molar-refractivity contribution in [2.45, 2.75) is 20.0 Å². The molecule has 1 heterocycles. The van der Waals surface area contributed by atoms with E-state index in [1.165, 1.54) is 0 Å². The van der Waals surface area contributed by atoms with Crippen molar-refractivity contribution in [1.29, 1.82) is 0 Å². The molecule has 4 nitrogen and oxygen atoms in total. The number of anilines is 1. The van der Waals surface area contributed by atoms with Gasteiger partial charge in [-0.2, -0.15) is 0 Å². The molecule has 1 aromatic carbocycles. The van der Waals surface area contributed by atoms with E-state index in [1.807, 2.05) is 38.1 Å². The van der Waals surface area contributed by atoms with Crippen LogP contribution in [0.1, 0.15) is 13.8 Å². The van der Waals surface area contributed by atoms with Gasteiger partial charge in [0.05, 0.1) is 6.10 Å². The molecule has 0 spiro atoms. The maximum absolute atomic E-state index is 5.99. The van der Waals surface area contributed by atoms with Crippen molar-refractivity contribution < 1.29 is 4.74 Å². The molecule has 94 valence electrons. The quantitative estimate of drug-likeness (QED) is 0.924. The topological polar surface area (TPSA) is 61.0 Å². The Morgan fingerprint density at radius 3 is 2.44 bits per heavy atom. The summed E-state index contributed by atoms with van der Waals surface area (Å²) in [6, 6.07) is 9.32. The third-order valence-electron chi connectivity index (χ3n) is 2.30. The predicted molar refractivity (Wildman–Crippen MR) is 72.7 cm³/mol. The number of hydrogen-bond acceptors (Lipinski definition) is 4. The number of benzene rings is 1. The molecular formula is C13H14ClN3O. The second-order valence-electron chi connectivity index (χ2n) is 4.16. The summed E-state index contributed by atoms with van der Waals surface area (Å²) in [7, 11) is 0. The van der Waals surface area contributed by atoms with Crippen LogP contribution in [0.5, 0.6) is 5.75 Å². The smallest absolute Gasteiger partial charge is 0.159 e. The molecule has 18 heavy (non-hydrogen) atoms. The summed E-state index contributed by atoms with van der Waals surface area (Å²) >= 11 is 5.99. The van der Waals surface area contributed by atoms with Gasteiger partial charge in [0.15, 0.2) is 5.15 Å². The standard InChI is InChI=1S/C13H14ClN3O/c1-8(2)18-10-5-3-9(4-6-10)11-7-12(15)16-17-13(11)14/h3-8H,1-2H3,(H2,15,16).